The van der Waals surface area contributed by atoms with Crippen LogP contribution in [0.4, 0.5) is 8.78 Å². The number of hydrogen-bond donors (Lipinski definition) is 0. The molecule has 2 aliphatic heterocycles. The van der Waals surface area contributed by atoms with Crippen LogP contribution in [0.5, 0.6) is 0 Å². The number of amides is 3. The zero-order valence-electron chi connectivity index (χ0n) is 20.7. The maximum atomic E-state index is 14.1. The number of rotatable bonds is 6. The molecule has 0 aliphatic carbocycles. The van der Waals surface area contributed by atoms with Crippen LogP contribution in [0.2, 0.25) is 0 Å². The number of carbonyl (C=O) groups excluding carboxylic acids is 3. The zero-order chi connectivity index (χ0) is 27.4. The monoisotopic (exact) mass is 638 g/mol. The van der Waals surface area contributed by atoms with Crippen molar-refractivity contribution in [1.29, 1.82) is 0 Å². The van der Waals surface area contributed by atoms with Gasteiger partial charge in [-0.1, -0.05) is 18.2 Å². The summed E-state index contributed by atoms with van der Waals surface area (Å²) in [5.41, 5.74) is 4.03. The first-order chi connectivity index (χ1) is 18.7. The molecule has 1 atom stereocenters. The highest BCUT2D eigenvalue weighted by molar-refractivity contribution is 14.1. The third-order valence-electron chi connectivity index (χ3n) is 7.21. The van der Waals surface area contributed by atoms with Crippen LogP contribution in [0, 0.1) is 15.2 Å². The summed E-state index contributed by atoms with van der Waals surface area (Å²) in [5, 5.41) is 4.30. The SMILES string of the molecule is Cn1ncc(I)c1-c1ccc2c(c1)CN([C@@H](Cc1cc(F)cc(F)c1)CN1C(=O)c3ccccc3C1=O)C2=O. The maximum Gasteiger partial charge on any atom is 0.261 e. The van der Waals surface area contributed by atoms with Gasteiger partial charge in [0.15, 0.2) is 0 Å². The molecule has 3 aromatic carbocycles. The molecular formula is C29H21F2IN4O3. The van der Waals surface area contributed by atoms with E-state index in [1.807, 2.05) is 19.2 Å². The van der Waals surface area contributed by atoms with Gasteiger partial charge in [0.25, 0.3) is 17.7 Å². The number of aryl methyl sites for hydroxylation is 1. The Balaban J connectivity index is 1.35. The first kappa shape index (κ1) is 25.4. The van der Waals surface area contributed by atoms with Crippen molar-refractivity contribution >= 4 is 40.3 Å². The van der Waals surface area contributed by atoms with E-state index in [1.54, 1.807) is 46.1 Å². The van der Waals surface area contributed by atoms with Crippen molar-refractivity contribution in [2.45, 2.75) is 19.0 Å². The minimum Gasteiger partial charge on any atom is -0.329 e. The number of carbonyl (C=O) groups is 3. The first-order valence-corrected chi connectivity index (χ1v) is 13.3. The average Bonchev–Trinajstić information content (AvgIpc) is 3.50. The minimum absolute atomic E-state index is 0.0499. The van der Waals surface area contributed by atoms with Crippen LogP contribution < -0.4 is 0 Å². The lowest BCUT2D eigenvalue weighted by Gasteiger charge is -2.31. The molecule has 3 amide bonds. The second-order valence-corrected chi connectivity index (χ2v) is 10.8. The fourth-order valence-corrected chi connectivity index (χ4v) is 6.20. The molecule has 0 N–H and O–H groups in total. The van der Waals surface area contributed by atoms with Crippen molar-refractivity contribution in [3.8, 4) is 11.3 Å². The van der Waals surface area contributed by atoms with Crippen LogP contribution in [-0.2, 0) is 20.0 Å². The van der Waals surface area contributed by atoms with Gasteiger partial charge in [-0.3, -0.25) is 24.0 Å². The van der Waals surface area contributed by atoms with Gasteiger partial charge in [-0.05, 0) is 76.5 Å². The summed E-state index contributed by atoms with van der Waals surface area (Å²) in [6.45, 7) is 0.110. The Morgan fingerprint density at radius 3 is 2.18 bits per heavy atom. The van der Waals surface area contributed by atoms with Gasteiger partial charge in [0, 0.05) is 30.8 Å². The highest BCUT2D eigenvalue weighted by Gasteiger charge is 2.40. The van der Waals surface area contributed by atoms with Crippen LogP contribution in [0.1, 0.15) is 42.2 Å². The van der Waals surface area contributed by atoms with Gasteiger partial charge in [-0.15, -0.1) is 0 Å². The highest BCUT2D eigenvalue weighted by Crippen LogP contribution is 2.33. The number of imide groups is 1. The fraction of sp³-hybridized carbons (Fsp3) is 0.172. The molecule has 0 bridgehead atoms. The molecule has 10 heteroatoms. The smallest absolute Gasteiger partial charge is 0.261 e. The van der Waals surface area contributed by atoms with E-state index in [0.29, 0.717) is 22.3 Å². The molecule has 0 saturated heterocycles. The van der Waals surface area contributed by atoms with Gasteiger partial charge in [-0.25, -0.2) is 8.78 Å². The van der Waals surface area contributed by atoms with Crippen molar-refractivity contribution in [2.24, 2.45) is 7.05 Å². The summed E-state index contributed by atoms with van der Waals surface area (Å²) < 4.78 is 30.8. The van der Waals surface area contributed by atoms with Crippen molar-refractivity contribution in [3.05, 3.63) is 110 Å². The third-order valence-corrected chi connectivity index (χ3v) is 8.00. The minimum atomic E-state index is -0.740. The van der Waals surface area contributed by atoms with E-state index in [0.717, 1.165) is 31.4 Å². The van der Waals surface area contributed by atoms with Gasteiger partial charge >= 0.3 is 0 Å². The second kappa shape index (κ2) is 9.67. The van der Waals surface area contributed by atoms with E-state index in [4.69, 9.17) is 0 Å². The Morgan fingerprint density at radius 1 is 0.897 bits per heavy atom. The van der Waals surface area contributed by atoms with Crippen LogP contribution in [0.3, 0.4) is 0 Å². The Labute approximate surface area is 236 Å². The van der Waals surface area contributed by atoms with Crippen LogP contribution in [0.25, 0.3) is 11.3 Å². The van der Waals surface area contributed by atoms with E-state index in [1.165, 1.54) is 12.1 Å². The Morgan fingerprint density at radius 2 is 1.56 bits per heavy atom. The van der Waals surface area contributed by atoms with Crippen LogP contribution in [0.15, 0.2) is 66.9 Å². The second-order valence-electron chi connectivity index (χ2n) is 9.67. The van der Waals surface area contributed by atoms with E-state index in [2.05, 4.69) is 27.7 Å². The van der Waals surface area contributed by atoms with Crippen LogP contribution >= 0.6 is 22.6 Å². The van der Waals surface area contributed by atoms with Gasteiger partial charge in [0.1, 0.15) is 11.6 Å². The molecule has 0 radical (unpaired) electrons. The number of fused-ring (bicyclic) bond motifs is 2. The molecule has 2 aliphatic rings. The predicted molar refractivity (Wildman–Crippen MR) is 147 cm³/mol. The molecule has 7 nitrogen and oxygen atoms in total. The summed E-state index contributed by atoms with van der Waals surface area (Å²) in [6, 6.07) is 14.6. The summed E-state index contributed by atoms with van der Waals surface area (Å²) >= 11 is 2.21. The zero-order valence-corrected chi connectivity index (χ0v) is 22.9. The first-order valence-electron chi connectivity index (χ1n) is 12.2. The summed E-state index contributed by atoms with van der Waals surface area (Å²) in [5.74, 6) is -2.66. The van der Waals surface area contributed by atoms with E-state index in [9.17, 15) is 23.2 Å². The number of halogens is 3. The Bertz CT molecular complexity index is 1610. The normalized spacial score (nSPS) is 15.2. The van der Waals surface area contributed by atoms with Crippen molar-refractivity contribution in [2.75, 3.05) is 6.54 Å². The molecule has 39 heavy (non-hydrogen) atoms. The quantitative estimate of drug-likeness (QED) is 0.224. The van der Waals surface area contributed by atoms with Gasteiger partial charge in [0.2, 0.25) is 0 Å². The third kappa shape index (κ3) is 4.42. The van der Waals surface area contributed by atoms with E-state index < -0.39 is 29.5 Å². The van der Waals surface area contributed by atoms with Crippen molar-refractivity contribution in [3.63, 3.8) is 0 Å². The molecule has 4 aromatic rings. The molecule has 1 aromatic heterocycles. The largest absolute Gasteiger partial charge is 0.329 e. The lowest BCUT2D eigenvalue weighted by atomic mass is 10.0. The molecule has 6 rings (SSSR count). The van der Waals surface area contributed by atoms with E-state index >= 15 is 0 Å². The molecule has 0 spiro atoms. The van der Waals surface area contributed by atoms with Crippen molar-refractivity contribution in [1.82, 2.24) is 19.6 Å². The number of hydrogen-bond acceptors (Lipinski definition) is 4. The average molecular weight is 638 g/mol. The summed E-state index contributed by atoms with van der Waals surface area (Å²) in [7, 11) is 1.85. The molecule has 0 fully saturated rings. The number of benzene rings is 3. The molecule has 0 saturated carbocycles. The lowest BCUT2D eigenvalue weighted by Crippen LogP contribution is -2.47. The maximum absolute atomic E-state index is 14.1. The Kier molecular flexibility index (Phi) is 6.29. The standard InChI is InChI=1S/C29H21F2IN4O3/c1-34-26(25(32)13-33-34)17-6-7-22-18(11-17)14-35(27(22)37)21(10-16-8-19(30)12-20(31)9-16)15-36-28(38)23-4-2-3-5-24(23)29(36)39/h2-9,11-13,21H,10,14-15H2,1H3/t21-/m0/s1. The topological polar surface area (TPSA) is 75.5 Å². The predicted octanol–water partition coefficient (Wildman–Crippen LogP) is 4.83. The number of aromatic nitrogens is 2. The highest BCUT2D eigenvalue weighted by atomic mass is 127. The van der Waals surface area contributed by atoms with Gasteiger partial charge in [-0.2, -0.15) is 5.10 Å². The Hall–Kier alpha value is -3.93. The molecule has 0 unspecified atom stereocenters. The van der Waals surface area contributed by atoms with Crippen LogP contribution in [-0.4, -0.2) is 49.9 Å². The lowest BCUT2D eigenvalue weighted by molar-refractivity contribution is 0.0527. The van der Waals surface area contributed by atoms with E-state index in [-0.39, 0.29) is 25.4 Å². The van der Waals surface area contributed by atoms with Gasteiger partial charge < -0.3 is 4.90 Å². The van der Waals surface area contributed by atoms with Crippen molar-refractivity contribution < 1.29 is 23.2 Å². The number of nitrogens with zero attached hydrogens (tertiary/aromatic N) is 4. The van der Waals surface area contributed by atoms with Gasteiger partial charge in [0.05, 0.1) is 39.2 Å². The molecule has 3 heterocycles. The summed E-state index contributed by atoms with van der Waals surface area (Å²) in [6.07, 6.45) is 1.81. The molecular weight excluding hydrogens is 617 g/mol. The molecule has 196 valence electrons. The summed E-state index contributed by atoms with van der Waals surface area (Å²) in [4.78, 5) is 42.6. The fourth-order valence-electron chi connectivity index (χ4n) is 5.41.